The highest BCUT2D eigenvalue weighted by molar-refractivity contribution is 6.08. The Labute approximate surface area is 401 Å². The van der Waals surface area contributed by atoms with Crippen LogP contribution in [0.15, 0.2) is 65.9 Å². The van der Waals surface area contributed by atoms with E-state index in [1.165, 1.54) is 106 Å². The number of carbonyl (C=O) groups excluding carboxylic acids is 6. The number of hydrogen-bond donors (Lipinski definition) is 0. The van der Waals surface area contributed by atoms with Gasteiger partial charge in [-0.2, -0.15) is 0 Å². The molecule has 1 aliphatic carbocycles. The molecular weight excluding hydrogens is 932 g/mol. The van der Waals surface area contributed by atoms with Crippen LogP contribution in [0.25, 0.3) is 0 Å². The maximum Gasteiger partial charge on any atom is 0.339 e. The van der Waals surface area contributed by atoms with Crippen LogP contribution in [0.3, 0.4) is 0 Å². The highest BCUT2D eigenvalue weighted by Gasteiger charge is 2.54. The molecule has 1 unspecified atom stereocenters. The topological polar surface area (TPSA) is 259 Å². The molecule has 5 rings (SSSR count). The quantitative estimate of drug-likeness (QED) is 0.0839. The summed E-state index contributed by atoms with van der Waals surface area (Å²) in [6.07, 6.45) is -7.02. The van der Waals surface area contributed by atoms with Crippen LogP contribution >= 0.6 is 0 Å². The van der Waals surface area contributed by atoms with E-state index in [2.05, 4.69) is 0 Å². The number of methoxy groups -OCH3 is 11. The number of esters is 5. The lowest BCUT2D eigenvalue weighted by molar-refractivity contribution is -0.292. The third kappa shape index (κ3) is 11.2. The Balaban J connectivity index is 1.65. The normalized spacial score (nSPS) is 20.5. The van der Waals surface area contributed by atoms with Crippen LogP contribution in [-0.4, -0.2) is 157 Å². The van der Waals surface area contributed by atoms with Crippen LogP contribution < -0.4 is 37.9 Å². The van der Waals surface area contributed by atoms with Crippen molar-refractivity contribution in [1.82, 2.24) is 0 Å². The first-order chi connectivity index (χ1) is 33.5. The average Bonchev–Trinajstić information content (AvgIpc) is 3.37. The molecule has 0 saturated carbocycles. The highest BCUT2D eigenvalue weighted by atomic mass is 16.7. The summed E-state index contributed by atoms with van der Waals surface area (Å²) < 4.78 is 94.9. The molecule has 23 heteroatoms. The van der Waals surface area contributed by atoms with Crippen molar-refractivity contribution in [3.05, 3.63) is 82.6 Å². The van der Waals surface area contributed by atoms with Gasteiger partial charge in [-0.15, -0.1) is 0 Å². The summed E-state index contributed by atoms with van der Waals surface area (Å²) in [7, 11) is 14.1. The van der Waals surface area contributed by atoms with Crippen LogP contribution in [0.2, 0.25) is 0 Å². The first kappa shape index (κ1) is 53.2. The largest absolute Gasteiger partial charge is 0.497 e. The lowest BCUT2D eigenvalue weighted by Gasteiger charge is -2.44. The first-order valence-electron chi connectivity index (χ1n) is 20.6. The molecule has 23 nitrogen and oxygen atoms in total. The second-order valence-corrected chi connectivity index (χ2v) is 14.5. The lowest BCUT2D eigenvalue weighted by Crippen LogP contribution is -2.63. The smallest absolute Gasteiger partial charge is 0.339 e. The minimum absolute atomic E-state index is 0.0532. The van der Waals surface area contributed by atoms with Crippen LogP contribution in [0.1, 0.15) is 38.0 Å². The fourth-order valence-electron chi connectivity index (χ4n) is 7.24. The van der Waals surface area contributed by atoms with E-state index < -0.39 is 84.3 Å². The zero-order chi connectivity index (χ0) is 51.4. The molecule has 0 N–H and O–H groups in total. The Morgan fingerprint density at radius 2 is 0.986 bits per heavy atom. The van der Waals surface area contributed by atoms with Gasteiger partial charge in [0.05, 0.1) is 86.3 Å². The van der Waals surface area contributed by atoms with E-state index in [9.17, 15) is 28.8 Å². The summed E-state index contributed by atoms with van der Waals surface area (Å²) in [5.41, 5.74) is -0.887. The Bertz CT molecular complexity index is 2440. The predicted octanol–water partition coefficient (Wildman–Crippen LogP) is 3.59. The zero-order valence-electron chi connectivity index (χ0n) is 40.2. The van der Waals surface area contributed by atoms with Crippen LogP contribution in [-0.2, 0) is 57.0 Å². The predicted molar refractivity (Wildman–Crippen MR) is 236 cm³/mol. The van der Waals surface area contributed by atoms with E-state index in [4.69, 9.17) is 80.5 Å². The SMILES string of the molecule is COC1=CC(C(=O)OC[C@H]2O[C@@H](OC)[C@H](OC(=O)c3cc(OC)c(OC)c(OC)c3)[C@@H](OC(=O)c3cc(OC)c(OC)c(OC)c3)[C@@H]2OC(=O)c2cc(OC)cc(OC)c2)=CC(=O)C1(OC)OC(C)=O. The highest BCUT2D eigenvalue weighted by Crippen LogP contribution is 2.41. The first-order valence-corrected chi connectivity index (χ1v) is 20.6. The molecule has 0 spiro atoms. The summed E-state index contributed by atoms with van der Waals surface area (Å²) in [5.74, 6) is -8.19. The summed E-state index contributed by atoms with van der Waals surface area (Å²) in [6.45, 7) is 0.208. The van der Waals surface area contributed by atoms with Gasteiger partial charge in [-0.25, -0.2) is 19.2 Å². The van der Waals surface area contributed by atoms with Crippen molar-refractivity contribution >= 4 is 35.6 Å². The van der Waals surface area contributed by atoms with Gasteiger partial charge < -0.3 is 80.5 Å². The Morgan fingerprint density at radius 3 is 1.39 bits per heavy atom. The molecule has 1 aliphatic heterocycles. The lowest BCUT2D eigenvalue weighted by atomic mass is 9.97. The minimum atomic E-state index is -2.35. The van der Waals surface area contributed by atoms with Crippen LogP contribution in [0, 0.1) is 0 Å². The summed E-state index contributed by atoms with van der Waals surface area (Å²) in [6, 6.07) is 9.27. The van der Waals surface area contributed by atoms with Crippen molar-refractivity contribution < 1.29 is 109 Å². The van der Waals surface area contributed by atoms with Crippen molar-refractivity contribution in [3.63, 3.8) is 0 Å². The van der Waals surface area contributed by atoms with Crippen molar-refractivity contribution in [2.45, 2.75) is 43.4 Å². The minimum Gasteiger partial charge on any atom is -0.497 e. The molecule has 1 fully saturated rings. The molecule has 3 aromatic rings. The van der Waals surface area contributed by atoms with Gasteiger partial charge in [0.25, 0.3) is 0 Å². The number of carbonyl (C=O) groups is 6. The number of benzene rings is 3. The third-order valence-corrected chi connectivity index (χ3v) is 10.6. The Kier molecular flexibility index (Phi) is 17.9. The fourth-order valence-corrected chi connectivity index (χ4v) is 7.24. The number of ether oxygens (including phenoxy) is 17. The fraction of sp³-hybridized carbons (Fsp3) is 0.404. The molecule has 378 valence electrons. The van der Waals surface area contributed by atoms with Gasteiger partial charge in [0.15, 0.2) is 53.4 Å². The third-order valence-electron chi connectivity index (χ3n) is 10.6. The van der Waals surface area contributed by atoms with E-state index in [-0.39, 0.29) is 68.4 Å². The van der Waals surface area contributed by atoms with Crippen molar-refractivity contribution in [3.8, 4) is 46.0 Å². The number of rotatable bonds is 21. The second-order valence-electron chi connectivity index (χ2n) is 14.5. The monoisotopic (exact) mass is 984 g/mol. The Morgan fingerprint density at radius 1 is 0.529 bits per heavy atom. The molecule has 1 saturated heterocycles. The summed E-state index contributed by atoms with van der Waals surface area (Å²) in [4.78, 5) is 82.2. The van der Waals surface area contributed by atoms with E-state index in [0.717, 1.165) is 33.3 Å². The van der Waals surface area contributed by atoms with Crippen LogP contribution in [0.5, 0.6) is 46.0 Å². The van der Waals surface area contributed by atoms with Gasteiger partial charge in [0.1, 0.15) is 24.2 Å². The van der Waals surface area contributed by atoms with Gasteiger partial charge in [0.2, 0.25) is 17.3 Å². The molecule has 0 radical (unpaired) electrons. The van der Waals surface area contributed by atoms with Crippen molar-refractivity contribution in [1.29, 1.82) is 0 Å². The van der Waals surface area contributed by atoms with E-state index in [1.807, 2.05) is 0 Å². The number of hydrogen-bond acceptors (Lipinski definition) is 23. The molecule has 6 atom stereocenters. The molecule has 0 bridgehead atoms. The van der Waals surface area contributed by atoms with Gasteiger partial charge in [0, 0.05) is 33.3 Å². The van der Waals surface area contributed by atoms with E-state index >= 15 is 0 Å². The van der Waals surface area contributed by atoms with Crippen molar-refractivity contribution in [2.24, 2.45) is 0 Å². The maximum absolute atomic E-state index is 14.5. The number of ketones is 1. The van der Waals surface area contributed by atoms with Crippen LogP contribution in [0.4, 0.5) is 0 Å². The summed E-state index contributed by atoms with van der Waals surface area (Å²) >= 11 is 0. The molecule has 2 aliphatic rings. The molecule has 70 heavy (non-hydrogen) atoms. The molecule has 0 aromatic heterocycles. The molecule has 0 amide bonds. The van der Waals surface area contributed by atoms with Gasteiger partial charge in [-0.1, -0.05) is 0 Å². The zero-order valence-corrected chi connectivity index (χ0v) is 40.2. The average molecular weight is 985 g/mol. The molecule has 3 aromatic carbocycles. The summed E-state index contributed by atoms with van der Waals surface area (Å²) in [5, 5.41) is 0. The van der Waals surface area contributed by atoms with Crippen molar-refractivity contribution in [2.75, 3.05) is 84.8 Å². The van der Waals surface area contributed by atoms with Gasteiger partial charge >= 0.3 is 35.6 Å². The van der Waals surface area contributed by atoms with Gasteiger partial charge in [-0.05, 0) is 42.5 Å². The standard InChI is InChI=1S/C47H52O23/c1-23(48)70-47(64-12)35(49)19-27(20-36(47)60-8)42(50)65-22-34-39(67-43(51)24-13-28(54-2)21-29(14-24)55-3)40(68-44(52)25-15-30(56-4)37(61-9)31(16-25)57-5)41(46(63-11)66-34)69-45(53)26-17-32(58-6)38(62-10)33(18-26)59-7/h13-21,34,39-41,46H,22H2,1-12H3/t34-,39-,40+,41-,46-,47?/m1/s1. The van der Waals surface area contributed by atoms with Gasteiger partial charge in [-0.3, -0.25) is 9.59 Å². The molecular formula is C47H52O23. The second kappa shape index (κ2) is 23.5. The van der Waals surface area contributed by atoms with E-state index in [1.54, 1.807) is 0 Å². The van der Waals surface area contributed by atoms with E-state index in [0.29, 0.717) is 0 Å². The molecule has 1 heterocycles. The Hall–Kier alpha value is -7.76. The maximum atomic E-state index is 14.5.